The first-order chi connectivity index (χ1) is 34.9. The summed E-state index contributed by atoms with van der Waals surface area (Å²) in [6.07, 6.45) is 14.9. The van der Waals surface area contributed by atoms with Crippen LogP contribution in [0.2, 0.25) is 0 Å². The highest BCUT2D eigenvalue weighted by Crippen LogP contribution is 2.53. The van der Waals surface area contributed by atoms with Crippen molar-refractivity contribution in [2.45, 2.75) is 153 Å². The largest absolute Gasteiger partial charge is 0.371 e. The number of anilines is 3. The fraction of sp³-hybridized carbons (Fsp3) is 0.596. The molecule has 1 atom stereocenters. The molecule has 8 aliphatic rings. The van der Waals surface area contributed by atoms with Gasteiger partial charge in [0.2, 0.25) is 29.5 Å². The van der Waals surface area contributed by atoms with Crippen LogP contribution in [-0.2, 0) is 29.4 Å². The molecule has 15 heteroatoms. The number of pyridine rings is 1. The summed E-state index contributed by atoms with van der Waals surface area (Å²) in [5, 5.41) is 6.16. The maximum absolute atomic E-state index is 15.3. The number of piperidine rings is 5. The van der Waals surface area contributed by atoms with Crippen LogP contribution in [0.3, 0.4) is 0 Å². The molecule has 380 valence electrons. The normalized spacial score (nSPS) is 25.8. The first-order valence-electron chi connectivity index (χ1n) is 27.5. The van der Waals surface area contributed by atoms with Gasteiger partial charge in [-0.25, -0.2) is 9.97 Å². The molecule has 5 amide bonds. The van der Waals surface area contributed by atoms with Crippen LogP contribution in [-0.4, -0.2) is 129 Å². The Kier molecular flexibility index (Phi) is 12.2. The predicted molar refractivity (Wildman–Crippen MR) is 278 cm³/mol. The summed E-state index contributed by atoms with van der Waals surface area (Å²) < 4.78 is 2.20. The zero-order valence-electron chi connectivity index (χ0n) is 42.5. The number of carbonyl (C=O) groups is 5. The van der Waals surface area contributed by atoms with Crippen molar-refractivity contribution in [3.05, 3.63) is 66.0 Å². The monoisotopic (exact) mass is 977 g/mol. The lowest BCUT2D eigenvalue weighted by molar-refractivity contribution is -0.150. The molecule has 0 bridgehead atoms. The fourth-order valence-corrected chi connectivity index (χ4v) is 13.5. The van der Waals surface area contributed by atoms with E-state index < -0.39 is 10.8 Å². The molecular formula is C57H72N10O5. The highest BCUT2D eigenvalue weighted by Gasteiger charge is 2.56. The maximum Gasteiger partial charge on any atom is 0.238 e. The van der Waals surface area contributed by atoms with Gasteiger partial charge >= 0.3 is 0 Å². The van der Waals surface area contributed by atoms with Gasteiger partial charge in [0.1, 0.15) is 5.52 Å². The quantitative estimate of drug-likeness (QED) is 0.152. The molecule has 4 aromatic rings. The third-order valence-electron chi connectivity index (χ3n) is 18.4. The van der Waals surface area contributed by atoms with Gasteiger partial charge in [0.05, 0.1) is 28.9 Å². The molecule has 2 saturated carbocycles. The molecule has 12 rings (SSSR count). The highest BCUT2D eigenvalue weighted by molar-refractivity contribution is 6.09. The number of hydrogen-bond donors (Lipinski definition) is 2. The summed E-state index contributed by atoms with van der Waals surface area (Å²) in [5.41, 5.74) is 6.66. The van der Waals surface area contributed by atoms with Crippen LogP contribution in [0.1, 0.15) is 140 Å². The van der Waals surface area contributed by atoms with E-state index in [2.05, 4.69) is 74.9 Å². The first kappa shape index (κ1) is 47.2. The molecule has 2 N–H and O–H groups in total. The average molecular weight is 977 g/mol. The first-order valence-corrected chi connectivity index (χ1v) is 27.5. The van der Waals surface area contributed by atoms with Gasteiger partial charge in [-0.05, 0) is 146 Å². The Morgan fingerprint density at radius 2 is 1.49 bits per heavy atom. The Labute approximate surface area is 423 Å². The van der Waals surface area contributed by atoms with Crippen molar-refractivity contribution in [1.82, 2.24) is 34.6 Å². The van der Waals surface area contributed by atoms with Crippen molar-refractivity contribution < 1.29 is 24.0 Å². The Balaban J connectivity index is 0.705. The van der Waals surface area contributed by atoms with E-state index in [0.29, 0.717) is 76.8 Å². The summed E-state index contributed by atoms with van der Waals surface area (Å²) in [6.45, 7) is 12.5. The van der Waals surface area contributed by atoms with Crippen LogP contribution in [0.15, 0.2) is 54.9 Å². The SMILES string of the molecule is CC(C)n1cnc2cc(-c3ccc4c(c3)N(C3CC(N5CCCCC5)C3)C(=O)C43CCN(C(=O)C4(C)CCN(C(=O)C5CCN(c6ccc([C@H]7CCC(=O)NC7=O)cc6)CC5)CC4)CC3)nc(NC3CC3)c21. The second-order valence-electron chi connectivity index (χ2n) is 23.3. The Morgan fingerprint density at radius 1 is 0.778 bits per heavy atom. The number of imide groups is 1. The molecule has 2 aliphatic carbocycles. The van der Waals surface area contributed by atoms with Crippen LogP contribution >= 0.6 is 0 Å². The Morgan fingerprint density at radius 3 is 2.17 bits per heavy atom. The second kappa shape index (κ2) is 18.6. The number of fused-ring (bicyclic) bond motifs is 3. The Hall–Kier alpha value is -5.83. The molecule has 15 nitrogen and oxygen atoms in total. The second-order valence-corrected chi connectivity index (χ2v) is 23.3. The molecular weight excluding hydrogens is 905 g/mol. The van der Waals surface area contributed by atoms with Gasteiger partial charge in [-0.1, -0.05) is 37.6 Å². The van der Waals surface area contributed by atoms with Crippen LogP contribution in [0.4, 0.5) is 17.2 Å². The number of benzene rings is 2. The van der Waals surface area contributed by atoms with E-state index in [1.54, 1.807) is 0 Å². The lowest BCUT2D eigenvalue weighted by atomic mass is 9.72. The number of likely N-dealkylation sites (tertiary alicyclic amines) is 3. The van der Waals surface area contributed by atoms with E-state index >= 15 is 4.79 Å². The lowest BCUT2D eigenvalue weighted by Crippen LogP contribution is -2.59. The van der Waals surface area contributed by atoms with Crippen molar-refractivity contribution in [3.63, 3.8) is 0 Å². The molecule has 2 aromatic heterocycles. The van der Waals surface area contributed by atoms with Crippen LogP contribution < -0.4 is 20.4 Å². The number of nitrogens with one attached hydrogen (secondary N) is 2. The van der Waals surface area contributed by atoms with Gasteiger partial charge in [0.15, 0.2) is 5.82 Å². The molecule has 8 heterocycles. The zero-order chi connectivity index (χ0) is 49.5. The number of aromatic nitrogens is 3. The minimum absolute atomic E-state index is 0.0447. The molecule has 2 aromatic carbocycles. The van der Waals surface area contributed by atoms with Crippen molar-refractivity contribution in [2.75, 3.05) is 67.5 Å². The van der Waals surface area contributed by atoms with Gasteiger partial charge in [0, 0.05) is 98.1 Å². The van der Waals surface area contributed by atoms with E-state index in [1.807, 2.05) is 40.4 Å². The summed E-state index contributed by atoms with van der Waals surface area (Å²) >= 11 is 0. The number of imidazole rings is 1. The van der Waals surface area contributed by atoms with Gasteiger partial charge in [0.25, 0.3) is 0 Å². The van der Waals surface area contributed by atoms with E-state index in [-0.39, 0.29) is 53.5 Å². The number of carbonyl (C=O) groups excluding carboxylic acids is 5. The van der Waals surface area contributed by atoms with Gasteiger partial charge < -0.3 is 34.4 Å². The molecule has 5 saturated heterocycles. The highest BCUT2D eigenvalue weighted by atomic mass is 16.2. The van der Waals surface area contributed by atoms with E-state index in [1.165, 1.54) is 19.3 Å². The maximum atomic E-state index is 15.3. The number of nitrogens with zero attached hydrogens (tertiary/aromatic N) is 8. The smallest absolute Gasteiger partial charge is 0.238 e. The third kappa shape index (κ3) is 8.44. The molecule has 1 spiro atoms. The zero-order valence-corrected chi connectivity index (χ0v) is 42.5. The van der Waals surface area contributed by atoms with Crippen LogP contribution in [0, 0.1) is 11.3 Å². The number of amides is 5. The van der Waals surface area contributed by atoms with E-state index in [9.17, 15) is 19.2 Å². The summed E-state index contributed by atoms with van der Waals surface area (Å²) in [6, 6.07) is 18.1. The van der Waals surface area contributed by atoms with Crippen LogP contribution in [0.5, 0.6) is 0 Å². The summed E-state index contributed by atoms with van der Waals surface area (Å²) in [5.74, 6) is 0.641. The van der Waals surface area contributed by atoms with Crippen molar-refractivity contribution in [1.29, 1.82) is 0 Å². The third-order valence-corrected chi connectivity index (χ3v) is 18.4. The summed E-state index contributed by atoms with van der Waals surface area (Å²) in [4.78, 5) is 89.2. The molecule has 0 radical (unpaired) electrons. The minimum atomic E-state index is -0.682. The van der Waals surface area contributed by atoms with E-state index in [0.717, 1.165) is 115 Å². The van der Waals surface area contributed by atoms with E-state index in [4.69, 9.17) is 9.97 Å². The molecule has 7 fully saturated rings. The number of hydrogen-bond acceptors (Lipinski definition) is 10. The topological polar surface area (TPSA) is 156 Å². The summed E-state index contributed by atoms with van der Waals surface area (Å²) in [7, 11) is 0. The molecule has 72 heavy (non-hydrogen) atoms. The van der Waals surface area contributed by atoms with Crippen molar-refractivity contribution in [3.8, 4) is 11.3 Å². The molecule has 6 aliphatic heterocycles. The molecule has 0 unspecified atom stereocenters. The lowest BCUT2D eigenvalue weighted by Gasteiger charge is -2.48. The van der Waals surface area contributed by atoms with Crippen molar-refractivity contribution in [2.24, 2.45) is 11.3 Å². The van der Waals surface area contributed by atoms with Crippen molar-refractivity contribution >= 4 is 57.8 Å². The predicted octanol–water partition coefficient (Wildman–Crippen LogP) is 7.54. The standard InChI is InChI=1S/C57H72N10O5/c1-36(2)66-35-58-47-34-46(60-51(50(47)66)59-40-10-11-40)39-9-15-45-48(31-39)67(43-32-42(33-43)62-23-5-4-6-24-62)55(72)57(45)21-29-65(30-22-57)54(71)56(3)19-27-64(28-20-56)53(70)38-17-25-63(26-18-38)41-12-7-37(8-13-41)44-14-16-49(68)61-52(44)69/h7-9,12-13,15,31,34-36,38,40,42-44H,4-6,10-11,14,16-30,32-33H2,1-3H3,(H,59,60)(H,61,68,69)/t42?,43?,44-/m1/s1. The Bertz CT molecular complexity index is 2770. The van der Waals surface area contributed by atoms with Gasteiger partial charge in [-0.15, -0.1) is 0 Å². The van der Waals surface area contributed by atoms with Gasteiger partial charge in [-0.3, -0.25) is 29.3 Å². The fourth-order valence-electron chi connectivity index (χ4n) is 13.5. The number of rotatable bonds is 10. The van der Waals surface area contributed by atoms with Crippen LogP contribution in [0.25, 0.3) is 22.3 Å². The average Bonchev–Trinajstić information content (AvgIpc) is 4.05. The van der Waals surface area contributed by atoms with Gasteiger partial charge in [-0.2, -0.15) is 0 Å². The minimum Gasteiger partial charge on any atom is -0.371 e.